The normalized spacial score (nSPS) is 13.2. The average Bonchev–Trinajstić information content (AvgIpc) is 2.53. The summed E-state index contributed by atoms with van der Waals surface area (Å²) in [7, 11) is 1.67. The Morgan fingerprint density at radius 2 is 2.38 bits per heavy atom. The summed E-state index contributed by atoms with van der Waals surface area (Å²) in [6, 6.07) is -0.191. The predicted molar refractivity (Wildman–Crippen MR) is 47.1 cm³/mol. The minimum absolute atomic E-state index is 0.191. The van der Waals surface area contributed by atoms with Gasteiger partial charge in [0.15, 0.2) is 5.82 Å². The van der Waals surface area contributed by atoms with E-state index in [-0.39, 0.29) is 6.04 Å². The minimum Gasteiger partial charge on any atom is -0.385 e. The summed E-state index contributed by atoms with van der Waals surface area (Å²) in [5, 5.41) is 3.79. The molecular weight excluding hydrogens is 170 g/mol. The van der Waals surface area contributed by atoms with Crippen molar-refractivity contribution in [3.63, 3.8) is 0 Å². The first kappa shape index (κ1) is 10.1. The van der Waals surface area contributed by atoms with E-state index in [4.69, 9.17) is 15.0 Å². The molecule has 0 spiro atoms. The van der Waals surface area contributed by atoms with Gasteiger partial charge in [-0.05, 0) is 13.3 Å². The summed E-state index contributed by atoms with van der Waals surface area (Å²) < 4.78 is 9.84. The highest BCUT2D eigenvalue weighted by atomic mass is 16.5. The molecule has 0 saturated heterocycles. The summed E-state index contributed by atoms with van der Waals surface area (Å²) in [5.74, 6) is 1.19. The molecule has 0 aliphatic rings. The Morgan fingerprint density at radius 1 is 1.62 bits per heavy atom. The van der Waals surface area contributed by atoms with E-state index < -0.39 is 0 Å². The van der Waals surface area contributed by atoms with Crippen molar-refractivity contribution in [2.75, 3.05) is 13.7 Å². The van der Waals surface area contributed by atoms with Gasteiger partial charge in [-0.2, -0.15) is 4.98 Å². The van der Waals surface area contributed by atoms with Gasteiger partial charge in [0.2, 0.25) is 5.89 Å². The van der Waals surface area contributed by atoms with Crippen LogP contribution in [0.15, 0.2) is 4.52 Å². The Morgan fingerprint density at radius 3 is 2.92 bits per heavy atom. The lowest BCUT2D eigenvalue weighted by Gasteiger charge is -1.94. The quantitative estimate of drug-likeness (QED) is 0.682. The van der Waals surface area contributed by atoms with Crippen LogP contribution in [0.25, 0.3) is 0 Å². The van der Waals surface area contributed by atoms with Gasteiger partial charge < -0.3 is 15.0 Å². The highest BCUT2D eigenvalue weighted by Crippen LogP contribution is 2.06. The van der Waals surface area contributed by atoms with Crippen LogP contribution < -0.4 is 5.73 Å². The molecule has 0 saturated carbocycles. The number of rotatable bonds is 5. The maximum Gasteiger partial charge on any atom is 0.243 e. The van der Waals surface area contributed by atoms with E-state index >= 15 is 0 Å². The third kappa shape index (κ3) is 3.12. The largest absolute Gasteiger partial charge is 0.385 e. The van der Waals surface area contributed by atoms with Crippen LogP contribution in [-0.4, -0.2) is 23.9 Å². The minimum atomic E-state index is -0.191. The van der Waals surface area contributed by atoms with Gasteiger partial charge in [-0.15, -0.1) is 0 Å². The third-order valence-electron chi connectivity index (χ3n) is 1.62. The average molecular weight is 185 g/mol. The summed E-state index contributed by atoms with van der Waals surface area (Å²) in [4.78, 5) is 4.12. The molecule has 5 nitrogen and oxygen atoms in total. The fourth-order valence-corrected chi connectivity index (χ4v) is 0.929. The molecule has 2 N–H and O–H groups in total. The lowest BCUT2D eigenvalue weighted by atomic mass is 10.3. The van der Waals surface area contributed by atoms with E-state index in [1.165, 1.54) is 0 Å². The fraction of sp³-hybridized carbons (Fsp3) is 0.750. The highest BCUT2D eigenvalue weighted by molar-refractivity contribution is 4.90. The van der Waals surface area contributed by atoms with Crippen LogP contribution in [0.1, 0.15) is 31.1 Å². The van der Waals surface area contributed by atoms with Crippen LogP contribution in [0.4, 0.5) is 0 Å². The topological polar surface area (TPSA) is 74.2 Å². The fourth-order valence-electron chi connectivity index (χ4n) is 0.929. The molecule has 0 aliphatic heterocycles. The van der Waals surface area contributed by atoms with Gasteiger partial charge in [-0.1, -0.05) is 5.16 Å². The molecule has 1 unspecified atom stereocenters. The summed E-state index contributed by atoms with van der Waals surface area (Å²) >= 11 is 0. The molecule has 1 atom stereocenters. The zero-order valence-electron chi connectivity index (χ0n) is 7.99. The lowest BCUT2D eigenvalue weighted by Crippen LogP contribution is -2.05. The first-order chi connectivity index (χ1) is 6.24. The molecule has 0 fully saturated rings. The molecule has 0 bridgehead atoms. The van der Waals surface area contributed by atoms with Crippen LogP contribution in [0.2, 0.25) is 0 Å². The van der Waals surface area contributed by atoms with Gasteiger partial charge in [0.05, 0.1) is 6.04 Å². The monoisotopic (exact) mass is 185 g/mol. The molecule has 1 aromatic heterocycles. The van der Waals surface area contributed by atoms with E-state index in [9.17, 15) is 0 Å². The molecule has 5 heteroatoms. The molecule has 0 radical (unpaired) electrons. The van der Waals surface area contributed by atoms with E-state index in [1.807, 2.05) is 6.92 Å². The van der Waals surface area contributed by atoms with Crippen molar-refractivity contribution in [1.82, 2.24) is 10.1 Å². The van der Waals surface area contributed by atoms with Crippen LogP contribution in [0.5, 0.6) is 0 Å². The zero-order chi connectivity index (χ0) is 9.68. The molecule has 0 aliphatic carbocycles. The smallest absolute Gasteiger partial charge is 0.243 e. The molecule has 74 valence electrons. The van der Waals surface area contributed by atoms with E-state index in [1.54, 1.807) is 7.11 Å². The maximum atomic E-state index is 5.56. The second-order valence-corrected chi connectivity index (χ2v) is 2.93. The van der Waals surface area contributed by atoms with Crippen LogP contribution >= 0.6 is 0 Å². The van der Waals surface area contributed by atoms with Gasteiger partial charge in [-0.3, -0.25) is 0 Å². The number of aromatic nitrogens is 2. The second kappa shape index (κ2) is 4.94. The van der Waals surface area contributed by atoms with Crippen molar-refractivity contribution >= 4 is 0 Å². The van der Waals surface area contributed by atoms with E-state index in [0.29, 0.717) is 18.3 Å². The van der Waals surface area contributed by atoms with Gasteiger partial charge in [0, 0.05) is 20.1 Å². The molecule has 0 amide bonds. The number of hydrogen-bond acceptors (Lipinski definition) is 5. The predicted octanol–water partition coefficient (Wildman–Crippen LogP) is 0.668. The summed E-state index contributed by atoms with van der Waals surface area (Å²) in [5.41, 5.74) is 5.56. The molecule has 0 aromatic carbocycles. The molecule has 13 heavy (non-hydrogen) atoms. The Kier molecular flexibility index (Phi) is 3.85. The van der Waals surface area contributed by atoms with Gasteiger partial charge in [0.25, 0.3) is 0 Å². The highest BCUT2D eigenvalue weighted by Gasteiger charge is 2.09. The standard InChI is InChI=1S/C8H15N3O2/c1-6(9)8-10-7(11-13-8)4-3-5-12-2/h6H,3-5,9H2,1-2H3. The SMILES string of the molecule is COCCCc1noc(C(C)N)n1. The van der Waals surface area contributed by atoms with Crippen molar-refractivity contribution in [2.45, 2.75) is 25.8 Å². The Balaban J connectivity index is 2.40. The first-order valence-corrected chi connectivity index (χ1v) is 4.31. The van der Waals surface area contributed by atoms with Crippen molar-refractivity contribution in [3.8, 4) is 0 Å². The summed E-state index contributed by atoms with van der Waals surface area (Å²) in [6.07, 6.45) is 1.67. The van der Waals surface area contributed by atoms with Crippen LogP contribution in [0.3, 0.4) is 0 Å². The Bertz CT molecular complexity index is 247. The number of nitrogens with two attached hydrogens (primary N) is 1. The third-order valence-corrected chi connectivity index (χ3v) is 1.62. The Labute approximate surface area is 77.3 Å². The Hall–Kier alpha value is -0.940. The van der Waals surface area contributed by atoms with E-state index in [2.05, 4.69) is 10.1 Å². The zero-order valence-corrected chi connectivity index (χ0v) is 7.99. The van der Waals surface area contributed by atoms with Crippen molar-refractivity contribution in [2.24, 2.45) is 5.73 Å². The van der Waals surface area contributed by atoms with Gasteiger partial charge in [-0.25, -0.2) is 0 Å². The van der Waals surface area contributed by atoms with E-state index in [0.717, 1.165) is 12.8 Å². The first-order valence-electron chi connectivity index (χ1n) is 4.31. The summed E-state index contributed by atoms with van der Waals surface area (Å²) in [6.45, 7) is 2.52. The van der Waals surface area contributed by atoms with Crippen molar-refractivity contribution in [3.05, 3.63) is 11.7 Å². The van der Waals surface area contributed by atoms with Crippen LogP contribution in [-0.2, 0) is 11.2 Å². The molecule has 1 heterocycles. The van der Waals surface area contributed by atoms with Gasteiger partial charge >= 0.3 is 0 Å². The maximum absolute atomic E-state index is 5.56. The van der Waals surface area contributed by atoms with Crippen LogP contribution in [0, 0.1) is 0 Å². The number of hydrogen-bond donors (Lipinski definition) is 1. The van der Waals surface area contributed by atoms with Gasteiger partial charge in [0.1, 0.15) is 0 Å². The number of aryl methyl sites for hydroxylation is 1. The number of nitrogens with zero attached hydrogens (tertiary/aromatic N) is 2. The van der Waals surface area contributed by atoms with Crippen molar-refractivity contribution in [1.29, 1.82) is 0 Å². The second-order valence-electron chi connectivity index (χ2n) is 2.93. The molecular formula is C8H15N3O2. The lowest BCUT2D eigenvalue weighted by molar-refractivity contribution is 0.194. The molecule has 1 rings (SSSR count). The number of methoxy groups -OCH3 is 1. The van der Waals surface area contributed by atoms with Crippen molar-refractivity contribution < 1.29 is 9.26 Å². The number of ether oxygens (including phenoxy) is 1. The molecule has 1 aromatic rings.